The zero-order chi connectivity index (χ0) is 11.0. The van der Waals surface area contributed by atoms with Crippen LogP contribution in [-0.2, 0) is 7.05 Å². The Hall–Kier alpha value is -1.84. The van der Waals surface area contributed by atoms with Crippen LogP contribution in [0.5, 0.6) is 0 Å². The van der Waals surface area contributed by atoms with Crippen molar-refractivity contribution in [2.75, 3.05) is 5.73 Å². The minimum absolute atomic E-state index is 0.207. The molecule has 0 spiro atoms. The van der Waals surface area contributed by atoms with Gasteiger partial charge in [-0.25, -0.2) is 4.39 Å². The molecule has 0 saturated heterocycles. The molecule has 2 aromatic rings. The Balaban J connectivity index is 2.54. The lowest BCUT2D eigenvalue weighted by atomic mass is 10.1. The third-order valence-electron chi connectivity index (χ3n) is 2.33. The Bertz CT molecular complexity index is 503. The molecule has 0 aliphatic heterocycles. The first-order valence-corrected chi connectivity index (χ1v) is 4.63. The fourth-order valence-corrected chi connectivity index (χ4v) is 1.54. The van der Waals surface area contributed by atoms with Gasteiger partial charge in [0.1, 0.15) is 5.82 Å². The van der Waals surface area contributed by atoms with Crippen LogP contribution in [0.1, 0.15) is 5.56 Å². The summed E-state index contributed by atoms with van der Waals surface area (Å²) in [5.74, 6) is 0.254. The quantitative estimate of drug-likeness (QED) is 0.774. The van der Waals surface area contributed by atoms with Gasteiger partial charge in [-0.3, -0.25) is 4.68 Å². The van der Waals surface area contributed by atoms with Crippen molar-refractivity contribution in [2.24, 2.45) is 7.05 Å². The van der Waals surface area contributed by atoms with E-state index in [0.29, 0.717) is 11.4 Å². The first-order chi connectivity index (χ1) is 7.08. The van der Waals surface area contributed by atoms with Crippen molar-refractivity contribution >= 4 is 5.82 Å². The summed E-state index contributed by atoms with van der Waals surface area (Å²) in [7, 11) is 1.80. The van der Waals surface area contributed by atoms with Gasteiger partial charge in [-0.15, -0.1) is 0 Å². The standard InChI is InChI=1S/C11H12FN3/c1-7-5-8(3-4-10(7)12)9-6-15(2)14-11(9)13/h3-6H,1-2H3,(H2,13,14). The molecule has 0 aliphatic rings. The van der Waals surface area contributed by atoms with Gasteiger partial charge in [0, 0.05) is 18.8 Å². The number of anilines is 1. The van der Waals surface area contributed by atoms with E-state index < -0.39 is 0 Å². The lowest BCUT2D eigenvalue weighted by Crippen LogP contribution is -1.91. The zero-order valence-electron chi connectivity index (χ0n) is 8.66. The van der Waals surface area contributed by atoms with E-state index in [1.54, 1.807) is 30.8 Å². The van der Waals surface area contributed by atoms with Crippen molar-refractivity contribution in [3.05, 3.63) is 35.8 Å². The van der Waals surface area contributed by atoms with Crippen LogP contribution < -0.4 is 5.73 Å². The smallest absolute Gasteiger partial charge is 0.153 e. The minimum Gasteiger partial charge on any atom is -0.382 e. The number of aromatic nitrogens is 2. The SMILES string of the molecule is Cc1cc(-c2cn(C)nc2N)ccc1F. The molecule has 3 nitrogen and oxygen atoms in total. The normalized spacial score (nSPS) is 10.6. The van der Waals surface area contributed by atoms with Crippen LogP contribution in [0.25, 0.3) is 11.1 Å². The second-order valence-corrected chi connectivity index (χ2v) is 3.57. The molecule has 0 fully saturated rings. The van der Waals surface area contributed by atoms with Crippen LogP contribution in [0.4, 0.5) is 10.2 Å². The molecule has 4 heteroatoms. The summed E-state index contributed by atoms with van der Waals surface area (Å²) in [6.45, 7) is 1.73. The Kier molecular flexibility index (Phi) is 2.19. The molecule has 0 saturated carbocycles. The average molecular weight is 205 g/mol. The lowest BCUT2D eigenvalue weighted by molar-refractivity contribution is 0.619. The second kappa shape index (κ2) is 3.38. The lowest BCUT2D eigenvalue weighted by Gasteiger charge is -2.01. The molecule has 2 rings (SSSR count). The van der Waals surface area contributed by atoms with Crippen LogP contribution in [0.3, 0.4) is 0 Å². The first-order valence-electron chi connectivity index (χ1n) is 4.63. The topological polar surface area (TPSA) is 43.8 Å². The highest BCUT2D eigenvalue weighted by Crippen LogP contribution is 2.25. The molecular formula is C11H12FN3. The van der Waals surface area contributed by atoms with Crippen molar-refractivity contribution in [3.63, 3.8) is 0 Å². The number of nitrogens with zero attached hydrogens (tertiary/aromatic N) is 2. The summed E-state index contributed by atoms with van der Waals surface area (Å²) in [6.07, 6.45) is 1.82. The van der Waals surface area contributed by atoms with Gasteiger partial charge in [-0.05, 0) is 30.2 Å². The van der Waals surface area contributed by atoms with Gasteiger partial charge in [0.2, 0.25) is 0 Å². The van der Waals surface area contributed by atoms with Gasteiger partial charge >= 0.3 is 0 Å². The third kappa shape index (κ3) is 1.70. The van der Waals surface area contributed by atoms with E-state index in [4.69, 9.17) is 5.73 Å². The van der Waals surface area contributed by atoms with E-state index in [9.17, 15) is 4.39 Å². The highest BCUT2D eigenvalue weighted by atomic mass is 19.1. The third-order valence-corrected chi connectivity index (χ3v) is 2.33. The van der Waals surface area contributed by atoms with Gasteiger partial charge in [-0.1, -0.05) is 6.07 Å². The average Bonchev–Trinajstić information content (AvgIpc) is 2.50. The summed E-state index contributed by atoms with van der Waals surface area (Å²) in [4.78, 5) is 0. The number of halogens is 1. The summed E-state index contributed by atoms with van der Waals surface area (Å²) in [5.41, 5.74) is 8.07. The number of hydrogen-bond acceptors (Lipinski definition) is 2. The molecular weight excluding hydrogens is 193 g/mol. The maximum absolute atomic E-state index is 13.1. The van der Waals surface area contributed by atoms with E-state index in [1.165, 1.54) is 6.07 Å². The molecule has 0 aliphatic carbocycles. The molecule has 0 radical (unpaired) electrons. The summed E-state index contributed by atoms with van der Waals surface area (Å²) >= 11 is 0. The van der Waals surface area contributed by atoms with Crippen molar-refractivity contribution in [3.8, 4) is 11.1 Å². The first kappa shape index (κ1) is 9.71. The van der Waals surface area contributed by atoms with Crippen LogP contribution in [0.2, 0.25) is 0 Å². The molecule has 15 heavy (non-hydrogen) atoms. The van der Waals surface area contributed by atoms with Crippen LogP contribution >= 0.6 is 0 Å². The summed E-state index contributed by atoms with van der Waals surface area (Å²) in [6, 6.07) is 4.91. The highest BCUT2D eigenvalue weighted by molar-refractivity contribution is 5.73. The van der Waals surface area contributed by atoms with Gasteiger partial charge in [0.05, 0.1) is 0 Å². The van der Waals surface area contributed by atoms with Gasteiger partial charge < -0.3 is 5.73 Å². The molecule has 0 atom stereocenters. The molecule has 78 valence electrons. The Morgan fingerprint density at radius 1 is 1.40 bits per heavy atom. The molecule has 1 aromatic heterocycles. The van der Waals surface area contributed by atoms with E-state index in [0.717, 1.165) is 11.1 Å². The molecule has 0 unspecified atom stereocenters. The predicted molar refractivity (Wildman–Crippen MR) is 57.8 cm³/mol. The predicted octanol–water partition coefficient (Wildman–Crippen LogP) is 2.12. The number of aryl methyl sites for hydroxylation is 2. The van der Waals surface area contributed by atoms with Crippen molar-refractivity contribution in [1.82, 2.24) is 9.78 Å². The molecule has 2 N–H and O–H groups in total. The Labute approximate surface area is 87.3 Å². The summed E-state index contributed by atoms with van der Waals surface area (Å²) < 4.78 is 14.7. The maximum Gasteiger partial charge on any atom is 0.153 e. The second-order valence-electron chi connectivity index (χ2n) is 3.57. The molecule has 0 bridgehead atoms. The van der Waals surface area contributed by atoms with E-state index >= 15 is 0 Å². The van der Waals surface area contributed by atoms with Crippen LogP contribution in [0, 0.1) is 12.7 Å². The number of nitrogens with two attached hydrogens (primary N) is 1. The fraction of sp³-hybridized carbons (Fsp3) is 0.182. The van der Waals surface area contributed by atoms with Crippen molar-refractivity contribution < 1.29 is 4.39 Å². The van der Waals surface area contributed by atoms with Crippen molar-refractivity contribution in [1.29, 1.82) is 0 Å². The van der Waals surface area contributed by atoms with Crippen LogP contribution in [0.15, 0.2) is 24.4 Å². The monoisotopic (exact) mass is 205 g/mol. The molecule has 1 heterocycles. The van der Waals surface area contributed by atoms with Gasteiger partial charge in [0.15, 0.2) is 5.82 Å². The Morgan fingerprint density at radius 3 is 2.67 bits per heavy atom. The number of rotatable bonds is 1. The minimum atomic E-state index is -0.207. The van der Waals surface area contributed by atoms with Gasteiger partial charge in [-0.2, -0.15) is 5.10 Å². The van der Waals surface area contributed by atoms with E-state index in [1.807, 2.05) is 6.20 Å². The van der Waals surface area contributed by atoms with Gasteiger partial charge in [0.25, 0.3) is 0 Å². The highest BCUT2D eigenvalue weighted by Gasteiger charge is 2.07. The van der Waals surface area contributed by atoms with E-state index in [2.05, 4.69) is 5.10 Å². The summed E-state index contributed by atoms with van der Waals surface area (Å²) in [5, 5.41) is 4.04. The molecule has 1 aromatic carbocycles. The number of benzene rings is 1. The maximum atomic E-state index is 13.1. The zero-order valence-corrected chi connectivity index (χ0v) is 8.66. The van der Waals surface area contributed by atoms with Crippen LogP contribution in [-0.4, -0.2) is 9.78 Å². The Morgan fingerprint density at radius 2 is 2.13 bits per heavy atom. The van der Waals surface area contributed by atoms with E-state index in [-0.39, 0.29) is 5.82 Å². The number of nitrogen functional groups attached to an aromatic ring is 1. The molecule has 0 amide bonds. The van der Waals surface area contributed by atoms with Crippen molar-refractivity contribution in [2.45, 2.75) is 6.92 Å². The fourth-order valence-electron chi connectivity index (χ4n) is 1.54. The largest absolute Gasteiger partial charge is 0.382 e. The number of hydrogen-bond donors (Lipinski definition) is 1.